The Hall–Kier alpha value is -2.99. The van der Waals surface area contributed by atoms with Crippen molar-refractivity contribution >= 4 is 23.2 Å². The Balaban J connectivity index is 1.78. The summed E-state index contributed by atoms with van der Waals surface area (Å²) in [5, 5.41) is 21.9. The van der Waals surface area contributed by atoms with Crippen molar-refractivity contribution in [2.24, 2.45) is 0 Å². The molecule has 1 fully saturated rings. The number of methoxy groups -OCH3 is 1. The molecule has 0 saturated heterocycles. The van der Waals surface area contributed by atoms with Crippen molar-refractivity contribution in [3.05, 3.63) is 58.1 Å². The molecule has 0 radical (unpaired) electrons. The van der Waals surface area contributed by atoms with Crippen LogP contribution < -0.4 is 10.1 Å². The zero-order valence-corrected chi connectivity index (χ0v) is 17.5. The molecule has 154 valence electrons. The van der Waals surface area contributed by atoms with Gasteiger partial charge >= 0.3 is 0 Å². The van der Waals surface area contributed by atoms with E-state index in [1.807, 2.05) is 24.3 Å². The van der Waals surface area contributed by atoms with Crippen LogP contribution in [0.5, 0.6) is 5.75 Å². The molecule has 1 amide bonds. The second-order valence-electron chi connectivity index (χ2n) is 7.22. The van der Waals surface area contributed by atoms with Crippen molar-refractivity contribution in [1.82, 2.24) is 0 Å². The van der Waals surface area contributed by atoms with Crippen LogP contribution in [0.15, 0.2) is 36.4 Å². The van der Waals surface area contributed by atoms with Gasteiger partial charge in [-0.2, -0.15) is 5.26 Å². The number of aliphatic hydroxyl groups excluding tert-OH is 1. The normalized spacial score (nSPS) is 14.7. The van der Waals surface area contributed by atoms with Crippen LogP contribution in [0.2, 0.25) is 5.02 Å². The molecule has 1 unspecified atom stereocenters. The minimum atomic E-state index is -1.51. The first-order valence-corrected chi connectivity index (χ1v) is 10.3. The standard InChI is InChI=1S/C24H23ClN2O3/c1-30-22-9-5-8-17(23(22)16-6-3-2-4-7-16)11-13-21(28)24(29)27-19-12-10-18(15-26)20(25)14-19/h5,8-10,12,14,16,21,28H,2-4,6-7H2,1H3,(H,27,29). The molecule has 2 aromatic carbocycles. The molecule has 0 aromatic heterocycles. The minimum Gasteiger partial charge on any atom is -0.496 e. The molecule has 6 heteroatoms. The Labute approximate surface area is 181 Å². The monoisotopic (exact) mass is 422 g/mol. The zero-order valence-electron chi connectivity index (χ0n) is 16.7. The number of nitrogens with zero attached hydrogens (tertiary/aromatic N) is 1. The fourth-order valence-electron chi connectivity index (χ4n) is 3.75. The highest BCUT2D eigenvalue weighted by Crippen LogP contribution is 2.39. The van der Waals surface area contributed by atoms with Crippen molar-refractivity contribution in [2.45, 2.75) is 44.1 Å². The largest absolute Gasteiger partial charge is 0.496 e. The molecule has 5 nitrogen and oxygen atoms in total. The lowest BCUT2D eigenvalue weighted by atomic mass is 9.81. The topological polar surface area (TPSA) is 82.3 Å². The Morgan fingerprint density at radius 1 is 1.23 bits per heavy atom. The molecule has 2 aromatic rings. The average molecular weight is 423 g/mol. The molecular formula is C24H23ClN2O3. The maximum atomic E-state index is 12.3. The van der Waals surface area contributed by atoms with E-state index in [4.69, 9.17) is 21.6 Å². The highest BCUT2D eigenvalue weighted by atomic mass is 35.5. The minimum absolute atomic E-state index is 0.226. The number of carbonyl (C=O) groups is 1. The van der Waals surface area contributed by atoms with Crippen molar-refractivity contribution in [3.63, 3.8) is 0 Å². The molecule has 0 aliphatic heterocycles. The van der Waals surface area contributed by atoms with Gasteiger partial charge in [0, 0.05) is 16.8 Å². The summed E-state index contributed by atoms with van der Waals surface area (Å²) in [6.07, 6.45) is 4.24. The van der Waals surface area contributed by atoms with Crippen molar-refractivity contribution in [3.8, 4) is 23.7 Å². The Morgan fingerprint density at radius 2 is 2.00 bits per heavy atom. The molecule has 0 heterocycles. The number of ether oxygens (including phenoxy) is 1. The number of amides is 1. The number of rotatable bonds is 4. The first-order valence-electron chi connectivity index (χ1n) is 9.90. The Kier molecular flexibility index (Phi) is 7.36. The molecule has 1 aliphatic rings. The summed E-state index contributed by atoms with van der Waals surface area (Å²) < 4.78 is 5.56. The SMILES string of the molecule is COc1cccc(C#CC(O)C(=O)Nc2ccc(C#N)c(Cl)c2)c1C1CCCCC1. The summed E-state index contributed by atoms with van der Waals surface area (Å²) in [6, 6.07) is 12.1. The number of hydrogen-bond donors (Lipinski definition) is 2. The predicted molar refractivity (Wildman–Crippen MR) is 117 cm³/mol. The fraction of sp³-hybridized carbons (Fsp3) is 0.333. The second-order valence-corrected chi connectivity index (χ2v) is 7.63. The third-order valence-electron chi connectivity index (χ3n) is 5.25. The summed E-state index contributed by atoms with van der Waals surface area (Å²) in [5.41, 5.74) is 2.52. The first kappa shape index (κ1) is 21.7. The smallest absolute Gasteiger partial charge is 0.265 e. The van der Waals surface area contributed by atoms with E-state index < -0.39 is 12.0 Å². The highest BCUT2D eigenvalue weighted by Gasteiger charge is 2.22. The van der Waals surface area contributed by atoms with E-state index in [2.05, 4.69) is 17.2 Å². The lowest BCUT2D eigenvalue weighted by molar-refractivity contribution is -0.121. The van der Waals surface area contributed by atoms with Gasteiger partial charge in [0.15, 0.2) is 6.10 Å². The second kappa shape index (κ2) is 10.2. The Bertz CT molecular complexity index is 1030. The fourth-order valence-corrected chi connectivity index (χ4v) is 3.97. The predicted octanol–water partition coefficient (Wildman–Crippen LogP) is 4.62. The molecule has 0 bridgehead atoms. The number of aliphatic hydroxyl groups is 1. The maximum absolute atomic E-state index is 12.3. The summed E-state index contributed by atoms with van der Waals surface area (Å²) in [6.45, 7) is 0. The molecular weight excluding hydrogens is 400 g/mol. The van der Waals surface area contributed by atoms with E-state index in [9.17, 15) is 9.90 Å². The third kappa shape index (κ3) is 5.13. The lowest BCUT2D eigenvalue weighted by Crippen LogP contribution is -2.26. The van der Waals surface area contributed by atoms with Crippen molar-refractivity contribution < 1.29 is 14.6 Å². The van der Waals surface area contributed by atoms with Crippen molar-refractivity contribution in [2.75, 3.05) is 12.4 Å². The van der Waals surface area contributed by atoms with E-state index >= 15 is 0 Å². The average Bonchev–Trinajstić information content (AvgIpc) is 2.77. The van der Waals surface area contributed by atoms with Gasteiger partial charge < -0.3 is 15.2 Å². The van der Waals surface area contributed by atoms with E-state index in [1.165, 1.54) is 31.4 Å². The van der Waals surface area contributed by atoms with Gasteiger partial charge in [-0.3, -0.25) is 4.79 Å². The third-order valence-corrected chi connectivity index (χ3v) is 5.56. The van der Waals surface area contributed by atoms with Gasteiger partial charge in [0.25, 0.3) is 5.91 Å². The van der Waals surface area contributed by atoms with Crippen LogP contribution in [0.3, 0.4) is 0 Å². The van der Waals surface area contributed by atoms with Gasteiger partial charge in [-0.1, -0.05) is 48.8 Å². The van der Waals surface area contributed by atoms with Gasteiger partial charge in [-0.05, 0) is 49.1 Å². The van der Waals surface area contributed by atoms with E-state index in [-0.39, 0.29) is 5.02 Å². The Morgan fingerprint density at radius 3 is 2.67 bits per heavy atom. The van der Waals surface area contributed by atoms with Crippen LogP contribution in [-0.4, -0.2) is 24.2 Å². The zero-order chi connectivity index (χ0) is 21.5. The maximum Gasteiger partial charge on any atom is 0.265 e. The highest BCUT2D eigenvalue weighted by molar-refractivity contribution is 6.32. The number of nitriles is 1. The van der Waals surface area contributed by atoms with Crippen LogP contribution in [0, 0.1) is 23.2 Å². The summed E-state index contributed by atoms with van der Waals surface area (Å²) in [4.78, 5) is 12.3. The number of halogens is 1. The van der Waals surface area contributed by atoms with Crippen LogP contribution in [0.1, 0.15) is 54.7 Å². The molecule has 0 spiro atoms. The molecule has 2 N–H and O–H groups in total. The summed E-state index contributed by atoms with van der Waals surface area (Å²) >= 11 is 5.98. The van der Waals surface area contributed by atoms with Crippen LogP contribution in [0.25, 0.3) is 0 Å². The summed E-state index contributed by atoms with van der Waals surface area (Å²) in [7, 11) is 1.64. The number of benzene rings is 2. The quantitative estimate of drug-likeness (QED) is 0.704. The molecule has 1 atom stereocenters. The first-order chi connectivity index (χ1) is 14.5. The van der Waals surface area contributed by atoms with Gasteiger partial charge in [-0.25, -0.2) is 0 Å². The lowest BCUT2D eigenvalue weighted by Gasteiger charge is -2.25. The van der Waals surface area contributed by atoms with Gasteiger partial charge in [0.05, 0.1) is 17.7 Å². The van der Waals surface area contributed by atoms with Crippen LogP contribution in [0.4, 0.5) is 5.69 Å². The van der Waals surface area contributed by atoms with Crippen LogP contribution in [-0.2, 0) is 4.79 Å². The number of carbonyl (C=O) groups excluding carboxylic acids is 1. The number of hydrogen-bond acceptors (Lipinski definition) is 4. The van der Waals surface area contributed by atoms with Crippen molar-refractivity contribution in [1.29, 1.82) is 5.26 Å². The van der Waals surface area contributed by atoms with E-state index in [1.54, 1.807) is 13.2 Å². The van der Waals surface area contributed by atoms with Gasteiger partial charge in [0.2, 0.25) is 0 Å². The molecule has 3 rings (SSSR count). The van der Waals surface area contributed by atoms with Crippen LogP contribution >= 0.6 is 11.6 Å². The molecule has 1 aliphatic carbocycles. The summed E-state index contributed by atoms with van der Waals surface area (Å²) in [5.74, 6) is 6.11. The van der Waals surface area contributed by atoms with Gasteiger partial charge in [0.1, 0.15) is 11.8 Å². The number of anilines is 1. The number of nitrogens with one attached hydrogen (secondary N) is 1. The van der Waals surface area contributed by atoms with E-state index in [0.717, 1.165) is 29.7 Å². The van der Waals surface area contributed by atoms with E-state index in [0.29, 0.717) is 17.2 Å². The molecule has 30 heavy (non-hydrogen) atoms. The molecule has 1 saturated carbocycles. The van der Waals surface area contributed by atoms with Gasteiger partial charge in [-0.15, -0.1) is 0 Å².